The fourth-order valence-corrected chi connectivity index (χ4v) is 7.48. The number of hydrogen-bond donors (Lipinski definition) is 0. The molecule has 0 unspecified atom stereocenters. The van der Waals surface area contributed by atoms with Crippen molar-refractivity contribution in [3.63, 3.8) is 0 Å². The van der Waals surface area contributed by atoms with Gasteiger partial charge in [-0.3, -0.25) is 9.13 Å². The van der Waals surface area contributed by atoms with Gasteiger partial charge in [0.15, 0.2) is 0 Å². The maximum atomic E-state index is 15.4. The van der Waals surface area contributed by atoms with Gasteiger partial charge in [0.1, 0.15) is 5.82 Å². The van der Waals surface area contributed by atoms with Gasteiger partial charge in [0.05, 0.1) is 30.4 Å². The Balaban J connectivity index is 0.00000593. The normalized spacial score (nSPS) is 13.9. The maximum Gasteiger partial charge on any atom is 2.00 e. The number of pyridine rings is 1. The van der Waals surface area contributed by atoms with Gasteiger partial charge in [0, 0.05) is 34.3 Å². The molecular formula is C52H38N4O2Pt. The van der Waals surface area contributed by atoms with Gasteiger partial charge in [0.25, 0.3) is 0 Å². The minimum atomic E-state index is -0.699. The van der Waals surface area contributed by atoms with E-state index in [-0.39, 0.29) is 65.9 Å². The summed E-state index contributed by atoms with van der Waals surface area (Å²) in [4.78, 5) is 20.2. The molecule has 3 heterocycles. The monoisotopic (exact) mass is 955 g/mol. The van der Waals surface area contributed by atoms with E-state index >= 15 is 4.79 Å². The Morgan fingerprint density at radius 2 is 1.22 bits per heavy atom. The molecule has 0 atom stereocenters. The predicted molar refractivity (Wildman–Crippen MR) is 235 cm³/mol. The first kappa shape index (κ1) is 27.8. The molecule has 0 amide bonds. The van der Waals surface area contributed by atoms with Crippen molar-refractivity contribution in [2.45, 2.75) is 26.2 Å². The van der Waals surface area contributed by atoms with Crippen LogP contribution >= 0.6 is 0 Å². The van der Waals surface area contributed by atoms with Gasteiger partial charge in [-0.1, -0.05) is 141 Å². The SMILES string of the molecule is [2H]c1c([2H])c([2H])c(-c2cccc(-c3c([2H])c([2H])c([2H])c([2H])c3[2H])c2-n2c(=O)n(-c3[c-]c(Oc4[c-]c5c(cc4)c4ccccc4n5-c4cc(C(C)(C)C)ccn4)ccc3)c3ccccc32)c([2H])c1[2H].[Pt+2]. The third-order valence-corrected chi connectivity index (χ3v) is 10.2. The molecule has 0 saturated heterocycles. The van der Waals surface area contributed by atoms with Crippen LogP contribution in [0, 0.1) is 12.1 Å². The van der Waals surface area contributed by atoms with Crippen molar-refractivity contribution in [2.24, 2.45) is 0 Å². The molecule has 288 valence electrons. The van der Waals surface area contributed by atoms with Crippen LogP contribution in [0.15, 0.2) is 181 Å². The summed E-state index contributed by atoms with van der Waals surface area (Å²) in [6.07, 6.45) is 1.81. The Morgan fingerprint density at radius 3 is 1.90 bits per heavy atom. The summed E-state index contributed by atoms with van der Waals surface area (Å²) in [5.41, 5.74) is 2.30. The second kappa shape index (κ2) is 15.2. The topological polar surface area (TPSA) is 54.0 Å². The third kappa shape index (κ3) is 6.70. The first-order chi connectivity index (χ1) is 32.5. The average Bonchev–Trinajstić information content (AvgIpc) is 3.82. The molecule has 10 rings (SSSR count). The summed E-state index contributed by atoms with van der Waals surface area (Å²) < 4.78 is 97.7. The molecule has 0 bridgehead atoms. The third-order valence-electron chi connectivity index (χ3n) is 10.2. The van der Waals surface area contributed by atoms with E-state index in [1.54, 1.807) is 48.7 Å². The number of aromatic nitrogens is 4. The minimum absolute atomic E-state index is 0. The van der Waals surface area contributed by atoms with Crippen molar-refractivity contribution < 1.29 is 39.5 Å². The number of nitrogens with zero attached hydrogens (tertiary/aromatic N) is 4. The number of hydrogen-bond acceptors (Lipinski definition) is 3. The molecule has 0 saturated carbocycles. The molecule has 0 aliphatic heterocycles. The van der Waals surface area contributed by atoms with Crippen LogP contribution < -0.4 is 10.4 Å². The summed E-state index contributed by atoms with van der Waals surface area (Å²) in [5.74, 6) is 1.34. The largest absolute Gasteiger partial charge is 2.00 e. The van der Waals surface area contributed by atoms with E-state index in [0.29, 0.717) is 16.8 Å². The Morgan fingerprint density at radius 1 is 0.610 bits per heavy atom. The number of imidazole rings is 1. The van der Waals surface area contributed by atoms with E-state index in [1.807, 2.05) is 36.4 Å². The maximum absolute atomic E-state index is 15.4. The van der Waals surface area contributed by atoms with Gasteiger partial charge in [-0.05, 0) is 57.8 Å². The van der Waals surface area contributed by atoms with Crippen LogP contribution in [0.25, 0.3) is 72.3 Å². The second-order valence-electron chi connectivity index (χ2n) is 14.7. The van der Waals surface area contributed by atoms with Gasteiger partial charge in [-0.15, -0.1) is 35.7 Å². The zero-order chi connectivity index (χ0) is 48.1. The van der Waals surface area contributed by atoms with Crippen molar-refractivity contribution >= 4 is 32.8 Å². The molecule has 7 aromatic carbocycles. The van der Waals surface area contributed by atoms with Crippen LogP contribution in [0.5, 0.6) is 11.5 Å². The number of benzene rings is 7. The molecule has 0 aliphatic rings. The zero-order valence-corrected chi connectivity index (χ0v) is 34.2. The van der Waals surface area contributed by atoms with Crippen molar-refractivity contribution in [3.8, 4) is 50.9 Å². The number of fused-ring (bicyclic) bond motifs is 4. The molecule has 0 spiro atoms. The Kier molecular flexibility index (Phi) is 7.17. The van der Waals surface area contributed by atoms with Crippen molar-refractivity contribution in [3.05, 3.63) is 204 Å². The summed E-state index contributed by atoms with van der Waals surface area (Å²) in [5, 5.41) is 1.96. The second-order valence-corrected chi connectivity index (χ2v) is 14.7. The molecule has 6 nitrogen and oxygen atoms in total. The van der Waals surface area contributed by atoms with Gasteiger partial charge in [-0.25, -0.2) is 9.78 Å². The van der Waals surface area contributed by atoms with Gasteiger partial charge >= 0.3 is 26.8 Å². The van der Waals surface area contributed by atoms with E-state index in [1.165, 1.54) is 27.3 Å². The van der Waals surface area contributed by atoms with Crippen molar-refractivity contribution in [2.75, 3.05) is 0 Å². The molecule has 0 N–H and O–H groups in total. The minimum Gasteiger partial charge on any atom is -0.509 e. The molecule has 7 heteroatoms. The molecular weight excluding hydrogens is 908 g/mol. The fraction of sp³-hybridized carbons (Fsp3) is 0.0769. The van der Waals surface area contributed by atoms with Gasteiger partial charge < -0.3 is 9.30 Å². The van der Waals surface area contributed by atoms with Crippen LogP contribution in [0.1, 0.15) is 40.0 Å². The van der Waals surface area contributed by atoms with E-state index in [9.17, 15) is 0 Å². The first-order valence-corrected chi connectivity index (χ1v) is 18.6. The standard InChI is InChI=1S/C52H38N4O2.Pt/c1-52(2,3)37-30-31-53-49(32-37)55-45-25-11-10-22-43(45)44-29-28-40(34-48(44)55)58-39-21-14-20-38(33-39)54-46-26-12-13-27-47(46)56(51(54)57)50-41(35-16-6-4-7-17-35)23-15-24-42(50)36-18-8-5-9-19-36;/h4-32H,1-3H3;/q-2;+2/i4D,5D,6D,7D,8D,9D,16D,17D,18D,19D;. The quantitative estimate of drug-likeness (QED) is 0.150. The van der Waals surface area contributed by atoms with Crippen LogP contribution in [-0.2, 0) is 26.5 Å². The van der Waals surface area contributed by atoms with Crippen molar-refractivity contribution in [1.82, 2.24) is 18.7 Å². The molecule has 0 radical (unpaired) electrons. The van der Waals surface area contributed by atoms with Gasteiger partial charge in [-0.2, -0.15) is 12.1 Å². The zero-order valence-electron chi connectivity index (χ0n) is 41.9. The molecule has 59 heavy (non-hydrogen) atoms. The van der Waals surface area contributed by atoms with Crippen LogP contribution in [0.4, 0.5) is 0 Å². The molecule has 0 aliphatic carbocycles. The molecule has 0 fully saturated rings. The fourth-order valence-electron chi connectivity index (χ4n) is 7.48. The smallest absolute Gasteiger partial charge is 0.509 e. The summed E-state index contributed by atoms with van der Waals surface area (Å²) in [7, 11) is 0. The Labute approximate surface area is 370 Å². The molecule has 3 aromatic heterocycles. The summed E-state index contributed by atoms with van der Waals surface area (Å²) in [6.45, 7) is 6.45. The molecule has 10 aromatic rings. The summed E-state index contributed by atoms with van der Waals surface area (Å²) >= 11 is 0. The predicted octanol–water partition coefficient (Wildman–Crippen LogP) is 12.3. The van der Waals surface area contributed by atoms with Crippen LogP contribution in [-0.4, -0.2) is 18.7 Å². The van der Waals surface area contributed by atoms with Crippen LogP contribution in [0.2, 0.25) is 0 Å². The number of para-hydroxylation sites is 4. The Bertz CT molecular complexity index is 3680. The van der Waals surface area contributed by atoms with E-state index < -0.39 is 66.1 Å². The Hall–Kier alpha value is -6.75. The number of rotatable bonds is 7. The van der Waals surface area contributed by atoms with E-state index in [2.05, 4.69) is 49.6 Å². The van der Waals surface area contributed by atoms with E-state index in [4.69, 9.17) is 23.4 Å². The number of ether oxygens (including phenoxy) is 1. The van der Waals surface area contributed by atoms with E-state index in [0.717, 1.165) is 33.2 Å². The summed E-state index contributed by atoms with van der Waals surface area (Å²) in [6, 6.07) is 33.0. The van der Waals surface area contributed by atoms with Crippen molar-refractivity contribution in [1.29, 1.82) is 0 Å². The average molecular weight is 956 g/mol. The van der Waals surface area contributed by atoms with Crippen LogP contribution in [0.3, 0.4) is 0 Å². The van der Waals surface area contributed by atoms with Gasteiger partial charge in [0.2, 0.25) is 0 Å². The first-order valence-electron chi connectivity index (χ1n) is 23.6.